The first-order chi connectivity index (χ1) is 9.69. The molecule has 0 heterocycles. The monoisotopic (exact) mass is 274 g/mol. The number of aliphatic hydroxyl groups is 1. The summed E-state index contributed by atoms with van der Waals surface area (Å²) in [6.07, 6.45) is 9.87. The molecule has 0 saturated heterocycles. The van der Waals surface area contributed by atoms with Crippen LogP contribution in [0.3, 0.4) is 0 Å². The molecule has 1 aliphatic carbocycles. The lowest BCUT2D eigenvalue weighted by Gasteiger charge is -2.31. The van der Waals surface area contributed by atoms with E-state index in [2.05, 4.69) is 38.1 Å². The van der Waals surface area contributed by atoms with Crippen molar-refractivity contribution in [2.45, 2.75) is 71.3 Å². The van der Waals surface area contributed by atoms with Gasteiger partial charge in [-0.05, 0) is 43.6 Å². The summed E-state index contributed by atoms with van der Waals surface area (Å²) in [5.41, 5.74) is 2.57. The first-order valence-corrected chi connectivity index (χ1v) is 8.42. The third kappa shape index (κ3) is 4.63. The van der Waals surface area contributed by atoms with Crippen molar-refractivity contribution >= 4 is 0 Å². The van der Waals surface area contributed by atoms with Gasteiger partial charge in [-0.3, -0.25) is 0 Å². The van der Waals surface area contributed by atoms with Crippen LogP contribution in [0.4, 0.5) is 0 Å². The van der Waals surface area contributed by atoms with Crippen LogP contribution in [0, 0.1) is 18.8 Å². The van der Waals surface area contributed by atoms with E-state index in [1.54, 1.807) is 0 Å². The lowest BCUT2D eigenvalue weighted by atomic mass is 9.76. The fraction of sp³-hybridized carbons (Fsp3) is 0.684. The summed E-state index contributed by atoms with van der Waals surface area (Å²) in [7, 11) is 0. The van der Waals surface area contributed by atoms with Gasteiger partial charge < -0.3 is 5.11 Å². The van der Waals surface area contributed by atoms with E-state index in [4.69, 9.17) is 0 Å². The summed E-state index contributed by atoms with van der Waals surface area (Å²) >= 11 is 0. The van der Waals surface area contributed by atoms with Gasteiger partial charge in [-0.25, -0.2) is 0 Å². The molecule has 1 N–H and O–H groups in total. The van der Waals surface area contributed by atoms with Crippen LogP contribution in [0.5, 0.6) is 0 Å². The molecule has 1 nitrogen and oxygen atoms in total. The molecular formula is C19H30O. The molecule has 1 saturated carbocycles. The highest BCUT2D eigenvalue weighted by Gasteiger charge is 2.26. The standard InChI is InChI=1S/C19H30O/c1-3-4-5-16-10-12-18(13-11-16)19(20)14-17-8-6-15(2)7-9-17/h6-9,16,18-20H,3-5,10-14H2,1-2H3. The zero-order valence-corrected chi connectivity index (χ0v) is 13.1. The molecule has 112 valence electrons. The Bertz CT molecular complexity index is 373. The maximum Gasteiger partial charge on any atom is 0.0608 e. The SMILES string of the molecule is CCCCC1CCC(C(O)Cc2ccc(C)cc2)CC1. The Morgan fingerprint density at radius 2 is 1.75 bits per heavy atom. The van der Waals surface area contributed by atoms with Crippen molar-refractivity contribution < 1.29 is 5.11 Å². The summed E-state index contributed by atoms with van der Waals surface area (Å²) < 4.78 is 0. The van der Waals surface area contributed by atoms with Crippen LogP contribution in [0.15, 0.2) is 24.3 Å². The number of hydrogen-bond donors (Lipinski definition) is 1. The van der Waals surface area contributed by atoms with Gasteiger partial charge in [0.25, 0.3) is 0 Å². The van der Waals surface area contributed by atoms with E-state index in [0.717, 1.165) is 12.3 Å². The zero-order chi connectivity index (χ0) is 14.4. The molecule has 0 radical (unpaired) electrons. The van der Waals surface area contributed by atoms with Crippen LogP contribution in [0.1, 0.15) is 63.0 Å². The van der Waals surface area contributed by atoms with Gasteiger partial charge in [0.2, 0.25) is 0 Å². The number of aliphatic hydroxyl groups excluding tert-OH is 1. The van der Waals surface area contributed by atoms with E-state index < -0.39 is 0 Å². The number of hydrogen-bond acceptors (Lipinski definition) is 1. The molecule has 0 aliphatic heterocycles. The normalized spacial score (nSPS) is 24.6. The van der Waals surface area contributed by atoms with Crippen molar-refractivity contribution in [3.05, 3.63) is 35.4 Å². The predicted molar refractivity (Wildman–Crippen MR) is 85.9 cm³/mol. The molecule has 1 unspecified atom stereocenters. The van der Waals surface area contributed by atoms with Crippen LogP contribution >= 0.6 is 0 Å². The van der Waals surface area contributed by atoms with Crippen LogP contribution in [-0.4, -0.2) is 11.2 Å². The quantitative estimate of drug-likeness (QED) is 0.782. The molecule has 1 aromatic carbocycles. The summed E-state index contributed by atoms with van der Waals surface area (Å²) in [5.74, 6) is 1.45. The molecule has 1 aliphatic rings. The lowest BCUT2D eigenvalue weighted by molar-refractivity contribution is 0.0726. The van der Waals surface area contributed by atoms with E-state index >= 15 is 0 Å². The minimum absolute atomic E-state index is 0.148. The predicted octanol–water partition coefficient (Wildman–Crippen LogP) is 4.90. The fourth-order valence-corrected chi connectivity index (χ4v) is 3.49. The van der Waals surface area contributed by atoms with Crippen molar-refractivity contribution in [1.82, 2.24) is 0 Å². The van der Waals surface area contributed by atoms with Gasteiger partial charge in [0.05, 0.1) is 6.10 Å². The number of benzene rings is 1. The van der Waals surface area contributed by atoms with Crippen molar-refractivity contribution in [3.8, 4) is 0 Å². The smallest absolute Gasteiger partial charge is 0.0608 e. The molecule has 0 amide bonds. The van der Waals surface area contributed by atoms with Crippen molar-refractivity contribution in [2.75, 3.05) is 0 Å². The molecule has 1 heteroatoms. The summed E-state index contributed by atoms with van der Waals surface area (Å²) in [5, 5.41) is 10.5. The molecule has 1 aromatic rings. The lowest BCUT2D eigenvalue weighted by Crippen LogP contribution is -2.27. The topological polar surface area (TPSA) is 20.2 Å². The Hall–Kier alpha value is -0.820. The number of aryl methyl sites for hydroxylation is 1. The van der Waals surface area contributed by atoms with Crippen molar-refractivity contribution in [1.29, 1.82) is 0 Å². The van der Waals surface area contributed by atoms with Gasteiger partial charge in [0.1, 0.15) is 0 Å². The van der Waals surface area contributed by atoms with Gasteiger partial charge in [0, 0.05) is 0 Å². The first-order valence-electron chi connectivity index (χ1n) is 8.42. The minimum atomic E-state index is -0.148. The Morgan fingerprint density at radius 1 is 1.10 bits per heavy atom. The Balaban J connectivity index is 1.76. The van der Waals surface area contributed by atoms with E-state index in [0.29, 0.717) is 5.92 Å². The van der Waals surface area contributed by atoms with Gasteiger partial charge in [-0.15, -0.1) is 0 Å². The Morgan fingerprint density at radius 3 is 2.35 bits per heavy atom. The highest BCUT2D eigenvalue weighted by molar-refractivity contribution is 5.21. The second-order valence-electron chi connectivity index (χ2n) is 6.68. The molecule has 0 bridgehead atoms. The van der Waals surface area contributed by atoms with E-state index in [9.17, 15) is 5.11 Å². The van der Waals surface area contributed by atoms with Gasteiger partial charge in [-0.2, -0.15) is 0 Å². The minimum Gasteiger partial charge on any atom is -0.392 e. The molecule has 20 heavy (non-hydrogen) atoms. The zero-order valence-electron chi connectivity index (χ0n) is 13.1. The molecule has 0 aromatic heterocycles. The summed E-state index contributed by atoms with van der Waals surface area (Å²) in [6.45, 7) is 4.38. The third-order valence-corrected chi connectivity index (χ3v) is 4.97. The molecule has 1 fully saturated rings. The maximum absolute atomic E-state index is 10.5. The first kappa shape index (κ1) is 15.6. The third-order valence-electron chi connectivity index (χ3n) is 4.97. The van der Waals surface area contributed by atoms with E-state index in [1.807, 2.05) is 0 Å². The molecule has 2 rings (SSSR count). The van der Waals surface area contributed by atoms with Gasteiger partial charge in [0.15, 0.2) is 0 Å². The molecule has 0 spiro atoms. The second kappa shape index (κ2) is 7.83. The average Bonchev–Trinajstić information content (AvgIpc) is 2.48. The highest BCUT2D eigenvalue weighted by Crippen LogP contribution is 2.34. The summed E-state index contributed by atoms with van der Waals surface area (Å²) in [6, 6.07) is 8.60. The highest BCUT2D eigenvalue weighted by atomic mass is 16.3. The van der Waals surface area contributed by atoms with E-state index in [-0.39, 0.29) is 6.10 Å². The largest absolute Gasteiger partial charge is 0.392 e. The Labute approximate surface area is 124 Å². The van der Waals surface area contributed by atoms with Crippen LogP contribution in [-0.2, 0) is 6.42 Å². The number of unbranched alkanes of at least 4 members (excludes halogenated alkanes) is 1. The summed E-state index contributed by atoms with van der Waals surface area (Å²) in [4.78, 5) is 0. The Kier molecular flexibility index (Phi) is 6.09. The van der Waals surface area contributed by atoms with Crippen molar-refractivity contribution in [3.63, 3.8) is 0 Å². The van der Waals surface area contributed by atoms with Crippen molar-refractivity contribution in [2.24, 2.45) is 11.8 Å². The van der Waals surface area contributed by atoms with Crippen LogP contribution in [0.2, 0.25) is 0 Å². The number of rotatable bonds is 6. The maximum atomic E-state index is 10.5. The van der Waals surface area contributed by atoms with Gasteiger partial charge >= 0.3 is 0 Å². The molecule has 1 atom stereocenters. The fourth-order valence-electron chi connectivity index (χ4n) is 3.49. The second-order valence-corrected chi connectivity index (χ2v) is 6.68. The molecular weight excluding hydrogens is 244 g/mol. The van der Waals surface area contributed by atoms with Gasteiger partial charge in [-0.1, -0.05) is 68.9 Å². The van der Waals surface area contributed by atoms with E-state index in [1.165, 1.54) is 56.1 Å². The average molecular weight is 274 g/mol. The van der Waals surface area contributed by atoms with Crippen LogP contribution < -0.4 is 0 Å². The van der Waals surface area contributed by atoms with Crippen LogP contribution in [0.25, 0.3) is 0 Å².